The second kappa shape index (κ2) is 2.51. The maximum atomic E-state index is 11.4. The second-order valence-electron chi connectivity index (χ2n) is 0.779. The molecule has 0 bridgehead atoms. The molecule has 0 aromatic carbocycles. The molecule has 0 aliphatic carbocycles. The SMILES string of the molecule is CSC(C)F. The monoisotopic (exact) mass is 94.0 g/mol. The minimum absolute atomic E-state index is 0.699. The van der Waals surface area contributed by atoms with Crippen molar-refractivity contribution >= 4 is 11.8 Å². The van der Waals surface area contributed by atoms with Crippen molar-refractivity contribution in [3.8, 4) is 0 Å². The first-order valence-corrected chi connectivity index (χ1v) is 2.73. The average molecular weight is 94.2 g/mol. The molecular weight excluding hydrogens is 87.1 g/mol. The van der Waals surface area contributed by atoms with Crippen LogP contribution < -0.4 is 0 Å². The van der Waals surface area contributed by atoms with E-state index in [1.165, 1.54) is 18.7 Å². The van der Waals surface area contributed by atoms with Crippen molar-refractivity contribution in [3.05, 3.63) is 0 Å². The summed E-state index contributed by atoms with van der Waals surface area (Å²) in [7, 11) is 0. The number of rotatable bonds is 1. The van der Waals surface area contributed by atoms with Crippen LogP contribution in [0.3, 0.4) is 0 Å². The quantitative estimate of drug-likeness (QED) is 0.476. The zero-order chi connectivity index (χ0) is 4.28. The predicted molar refractivity (Wildman–Crippen MR) is 24.1 cm³/mol. The van der Waals surface area contributed by atoms with Gasteiger partial charge in [0.05, 0.1) is 0 Å². The van der Waals surface area contributed by atoms with Gasteiger partial charge < -0.3 is 0 Å². The van der Waals surface area contributed by atoms with Gasteiger partial charge in [0, 0.05) is 0 Å². The van der Waals surface area contributed by atoms with Crippen LogP contribution >= 0.6 is 11.8 Å². The number of hydrogen-bond acceptors (Lipinski definition) is 1. The summed E-state index contributed by atoms with van der Waals surface area (Å²) < 4.78 is 11.4. The van der Waals surface area contributed by atoms with Crippen molar-refractivity contribution in [3.63, 3.8) is 0 Å². The highest BCUT2D eigenvalue weighted by molar-refractivity contribution is 7.99. The molecule has 1 atom stereocenters. The summed E-state index contributed by atoms with van der Waals surface area (Å²) in [6.07, 6.45) is 1.74. The zero-order valence-electron chi connectivity index (χ0n) is 3.36. The summed E-state index contributed by atoms with van der Waals surface area (Å²) in [4.78, 5) is 0. The maximum Gasteiger partial charge on any atom is 0.142 e. The van der Waals surface area contributed by atoms with Crippen LogP contribution in [0.4, 0.5) is 4.39 Å². The molecule has 0 aromatic rings. The summed E-state index contributed by atoms with van der Waals surface area (Å²) in [5, 5.41) is 0. The lowest BCUT2D eigenvalue weighted by Crippen LogP contribution is -1.76. The largest absolute Gasteiger partial charge is 0.236 e. The molecule has 5 heavy (non-hydrogen) atoms. The van der Waals surface area contributed by atoms with E-state index in [2.05, 4.69) is 0 Å². The fourth-order valence-electron chi connectivity index (χ4n) is 0. The molecule has 0 nitrogen and oxygen atoms in total. The van der Waals surface area contributed by atoms with Crippen LogP contribution in [0, 0.1) is 0 Å². The third-order valence-corrected chi connectivity index (χ3v) is 0.974. The smallest absolute Gasteiger partial charge is 0.142 e. The van der Waals surface area contributed by atoms with Crippen LogP contribution in [0.15, 0.2) is 0 Å². The molecule has 0 saturated carbocycles. The normalized spacial score (nSPS) is 15.0. The minimum atomic E-state index is -0.699. The molecule has 2 heteroatoms. The van der Waals surface area contributed by atoms with Crippen LogP contribution in [0.2, 0.25) is 0 Å². The van der Waals surface area contributed by atoms with E-state index in [0.717, 1.165) is 0 Å². The highest BCUT2D eigenvalue weighted by atomic mass is 32.2. The van der Waals surface area contributed by atoms with Crippen molar-refractivity contribution < 1.29 is 4.39 Å². The fraction of sp³-hybridized carbons (Fsp3) is 1.00. The third kappa shape index (κ3) is 4.28. The standard InChI is InChI=1S/C3H7FS/c1-3(4)5-2/h3H,1-2H3. The Bertz CT molecular complexity index is 20.9. The van der Waals surface area contributed by atoms with Gasteiger partial charge in [-0.15, -0.1) is 11.8 Å². The lowest BCUT2D eigenvalue weighted by molar-refractivity contribution is 0.484. The molecule has 1 unspecified atom stereocenters. The Labute approximate surface area is 35.8 Å². The summed E-state index contributed by atoms with van der Waals surface area (Å²) >= 11 is 1.21. The Hall–Kier alpha value is 0.280. The van der Waals surface area contributed by atoms with Crippen LogP contribution in [-0.4, -0.2) is 11.8 Å². The molecule has 0 amide bonds. The molecule has 32 valence electrons. The maximum absolute atomic E-state index is 11.4. The highest BCUT2D eigenvalue weighted by Crippen LogP contribution is 2.03. The summed E-state index contributed by atoms with van der Waals surface area (Å²) in [6, 6.07) is 0. The summed E-state index contributed by atoms with van der Waals surface area (Å²) in [6.45, 7) is 1.52. The van der Waals surface area contributed by atoms with Crippen molar-refractivity contribution in [2.24, 2.45) is 0 Å². The second-order valence-corrected chi connectivity index (χ2v) is 1.90. The van der Waals surface area contributed by atoms with E-state index in [0.29, 0.717) is 0 Å². The lowest BCUT2D eigenvalue weighted by atomic mass is 10.9. The molecule has 0 spiro atoms. The van der Waals surface area contributed by atoms with E-state index in [1.54, 1.807) is 6.26 Å². The van der Waals surface area contributed by atoms with Gasteiger partial charge in [0.1, 0.15) is 5.50 Å². The topological polar surface area (TPSA) is 0 Å². The minimum Gasteiger partial charge on any atom is -0.236 e. The molecule has 0 fully saturated rings. The van der Waals surface area contributed by atoms with Crippen LogP contribution in [-0.2, 0) is 0 Å². The van der Waals surface area contributed by atoms with Gasteiger partial charge in [0.15, 0.2) is 0 Å². The third-order valence-electron chi connectivity index (χ3n) is 0.325. The Morgan fingerprint density at radius 3 is 2.00 bits per heavy atom. The van der Waals surface area contributed by atoms with Gasteiger partial charge in [-0.05, 0) is 13.2 Å². The molecule has 0 saturated heterocycles. The Morgan fingerprint density at radius 1 is 1.80 bits per heavy atom. The molecule has 0 heterocycles. The van der Waals surface area contributed by atoms with Gasteiger partial charge in [-0.3, -0.25) is 0 Å². The van der Waals surface area contributed by atoms with Gasteiger partial charge in [0.25, 0.3) is 0 Å². The Balaban J connectivity index is 2.54. The number of halogens is 1. The van der Waals surface area contributed by atoms with Gasteiger partial charge in [-0.1, -0.05) is 0 Å². The van der Waals surface area contributed by atoms with E-state index in [-0.39, 0.29) is 0 Å². The van der Waals surface area contributed by atoms with E-state index < -0.39 is 5.50 Å². The molecular formula is C3H7FS. The van der Waals surface area contributed by atoms with E-state index in [1.807, 2.05) is 0 Å². The van der Waals surface area contributed by atoms with E-state index in [9.17, 15) is 4.39 Å². The first kappa shape index (κ1) is 5.28. The summed E-state index contributed by atoms with van der Waals surface area (Å²) in [5.74, 6) is 0. The van der Waals surface area contributed by atoms with Crippen molar-refractivity contribution in [1.29, 1.82) is 0 Å². The Kier molecular flexibility index (Phi) is 2.65. The lowest BCUT2D eigenvalue weighted by Gasteiger charge is -1.86. The van der Waals surface area contributed by atoms with Gasteiger partial charge in [-0.25, -0.2) is 4.39 Å². The molecule has 0 radical (unpaired) electrons. The molecule has 0 rings (SSSR count). The van der Waals surface area contributed by atoms with Crippen LogP contribution in [0.5, 0.6) is 0 Å². The Morgan fingerprint density at radius 2 is 2.00 bits per heavy atom. The van der Waals surface area contributed by atoms with Gasteiger partial charge >= 0.3 is 0 Å². The molecule has 0 N–H and O–H groups in total. The number of hydrogen-bond donors (Lipinski definition) is 0. The van der Waals surface area contributed by atoms with E-state index >= 15 is 0 Å². The first-order chi connectivity index (χ1) is 2.27. The zero-order valence-corrected chi connectivity index (χ0v) is 4.18. The van der Waals surface area contributed by atoms with Crippen molar-refractivity contribution in [2.45, 2.75) is 12.4 Å². The number of alkyl halides is 1. The van der Waals surface area contributed by atoms with Gasteiger partial charge in [0.2, 0.25) is 0 Å². The fourth-order valence-corrected chi connectivity index (χ4v) is 0. The van der Waals surface area contributed by atoms with Gasteiger partial charge in [-0.2, -0.15) is 0 Å². The van der Waals surface area contributed by atoms with E-state index in [4.69, 9.17) is 0 Å². The first-order valence-electron chi connectivity index (χ1n) is 1.44. The molecule has 0 aliphatic heterocycles. The van der Waals surface area contributed by atoms with Crippen LogP contribution in [0.1, 0.15) is 6.92 Å². The van der Waals surface area contributed by atoms with Crippen molar-refractivity contribution in [1.82, 2.24) is 0 Å². The van der Waals surface area contributed by atoms with Crippen molar-refractivity contribution in [2.75, 3.05) is 6.26 Å². The average Bonchev–Trinajstić information content (AvgIpc) is 1.38. The summed E-state index contributed by atoms with van der Waals surface area (Å²) in [5.41, 5.74) is -0.699. The highest BCUT2D eigenvalue weighted by Gasteiger charge is 1.85. The predicted octanol–water partition coefficient (Wildman–Crippen LogP) is 1.66. The molecule has 0 aromatic heterocycles. The molecule has 0 aliphatic rings. The number of thioether (sulfide) groups is 1. The van der Waals surface area contributed by atoms with Crippen LogP contribution in [0.25, 0.3) is 0 Å².